The molecule has 0 radical (unpaired) electrons. The van der Waals surface area contributed by atoms with Gasteiger partial charge in [-0.3, -0.25) is 9.78 Å². The highest BCUT2D eigenvalue weighted by atomic mass is 16.2. The first-order valence-electron chi connectivity index (χ1n) is 6.62. The largest absolute Gasteiger partial charge is 0.344 e. The second-order valence-electron chi connectivity index (χ2n) is 4.96. The van der Waals surface area contributed by atoms with Crippen molar-refractivity contribution in [2.75, 3.05) is 20.1 Å². The average Bonchev–Trinajstić information content (AvgIpc) is 2.41. The van der Waals surface area contributed by atoms with Gasteiger partial charge in [0.05, 0.1) is 6.42 Å². The highest BCUT2D eigenvalue weighted by Gasteiger charge is 2.17. The fourth-order valence-electron chi connectivity index (χ4n) is 2.32. The molecule has 4 nitrogen and oxygen atoms in total. The number of hydrogen-bond acceptors (Lipinski definition) is 3. The third kappa shape index (κ3) is 3.81. The van der Waals surface area contributed by atoms with Crippen LogP contribution in [0.1, 0.15) is 24.8 Å². The summed E-state index contributed by atoms with van der Waals surface area (Å²) in [7, 11) is 1.88. The molecule has 18 heavy (non-hydrogen) atoms. The Morgan fingerprint density at radius 3 is 3.11 bits per heavy atom. The van der Waals surface area contributed by atoms with Crippen LogP contribution in [0.25, 0.3) is 0 Å². The summed E-state index contributed by atoms with van der Waals surface area (Å²) in [5, 5.41) is 3.46. The minimum absolute atomic E-state index is 0.162. The molecule has 0 aromatic carbocycles. The van der Waals surface area contributed by atoms with Crippen molar-refractivity contribution in [3.8, 4) is 0 Å². The van der Waals surface area contributed by atoms with Crippen molar-refractivity contribution in [1.29, 1.82) is 0 Å². The molecule has 2 heterocycles. The molecule has 1 atom stereocenters. The number of likely N-dealkylation sites (N-methyl/N-ethyl adjacent to an activating group) is 1. The van der Waals surface area contributed by atoms with Crippen molar-refractivity contribution in [2.45, 2.75) is 31.7 Å². The SMILES string of the molecule is CN(CC1CCCCN1)C(=O)Cc1cccnc1. The van der Waals surface area contributed by atoms with Gasteiger partial charge in [-0.2, -0.15) is 0 Å². The highest BCUT2D eigenvalue weighted by Crippen LogP contribution is 2.08. The number of rotatable bonds is 4. The normalized spacial score (nSPS) is 19.5. The molecule has 0 bridgehead atoms. The molecule has 4 heteroatoms. The lowest BCUT2D eigenvalue weighted by Crippen LogP contribution is -2.44. The van der Waals surface area contributed by atoms with Gasteiger partial charge in [-0.05, 0) is 31.0 Å². The molecule has 1 N–H and O–H groups in total. The molecular weight excluding hydrogens is 226 g/mol. The van der Waals surface area contributed by atoms with Crippen LogP contribution in [0.15, 0.2) is 24.5 Å². The van der Waals surface area contributed by atoms with Crippen molar-refractivity contribution < 1.29 is 4.79 Å². The number of hydrogen-bond donors (Lipinski definition) is 1. The number of piperidine rings is 1. The van der Waals surface area contributed by atoms with E-state index in [1.165, 1.54) is 19.3 Å². The zero-order valence-electron chi connectivity index (χ0n) is 10.9. The maximum Gasteiger partial charge on any atom is 0.226 e. The van der Waals surface area contributed by atoms with Crippen LogP contribution in [0.2, 0.25) is 0 Å². The first-order chi connectivity index (χ1) is 8.75. The molecular formula is C14H21N3O. The number of amides is 1. The number of carbonyl (C=O) groups excluding carboxylic acids is 1. The van der Waals surface area contributed by atoms with E-state index in [-0.39, 0.29) is 5.91 Å². The zero-order valence-corrected chi connectivity index (χ0v) is 10.9. The lowest BCUT2D eigenvalue weighted by Gasteiger charge is -2.28. The quantitative estimate of drug-likeness (QED) is 0.870. The molecule has 98 valence electrons. The van der Waals surface area contributed by atoms with Gasteiger partial charge < -0.3 is 10.2 Å². The Hall–Kier alpha value is -1.42. The number of nitrogens with one attached hydrogen (secondary N) is 1. The van der Waals surface area contributed by atoms with E-state index in [0.29, 0.717) is 12.5 Å². The molecule has 0 saturated carbocycles. The third-order valence-electron chi connectivity index (χ3n) is 3.41. The second kappa shape index (κ2) is 6.50. The van der Waals surface area contributed by atoms with E-state index in [1.54, 1.807) is 12.4 Å². The van der Waals surface area contributed by atoms with E-state index in [1.807, 2.05) is 24.1 Å². The molecule has 1 unspecified atom stereocenters. The van der Waals surface area contributed by atoms with Crippen molar-refractivity contribution in [3.63, 3.8) is 0 Å². The number of nitrogens with zero attached hydrogens (tertiary/aromatic N) is 2. The minimum atomic E-state index is 0.162. The molecule has 2 rings (SSSR count). The predicted octanol–water partition coefficient (Wildman–Crippen LogP) is 1.22. The van der Waals surface area contributed by atoms with Gasteiger partial charge in [0.15, 0.2) is 0 Å². The fourth-order valence-corrected chi connectivity index (χ4v) is 2.32. The first kappa shape index (κ1) is 13.0. The van der Waals surface area contributed by atoms with Gasteiger partial charge in [-0.25, -0.2) is 0 Å². The summed E-state index contributed by atoms with van der Waals surface area (Å²) in [5.41, 5.74) is 0.978. The molecule has 1 amide bonds. The monoisotopic (exact) mass is 247 g/mol. The number of carbonyl (C=O) groups is 1. The lowest BCUT2D eigenvalue weighted by atomic mass is 10.0. The van der Waals surface area contributed by atoms with Gasteiger partial charge in [0.1, 0.15) is 0 Å². The van der Waals surface area contributed by atoms with Crippen LogP contribution in [-0.4, -0.2) is 42.0 Å². The molecule has 1 aromatic heterocycles. The highest BCUT2D eigenvalue weighted by molar-refractivity contribution is 5.78. The van der Waals surface area contributed by atoms with Crippen LogP contribution in [0.4, 0.5) is 0 Å². The second-order valence-corrected chi connectivity index (χ2v) is 4.96. The molecule has 0 spiro atoms. The summed E-state index contributed by atoms with van der Waals surface area (Å²) in [4.78, 5) is 17.9. The molecule has 1 aromatic rings. The summed E-state index contributed by atoms with van der Waals surface area (Å²) in [6, 6.07) is 4.27. The fraction of sp³-hybridized carbons (Fsp3) is 0.571. The number of pyridine rings is 1. The van der Waals surface area contributed by atoms with Gasteiger partial charge in [-0.15, -0.1) is 0 Å². The summed E-state index contributed by atoms with van der Waals surface area (Å²) in [6.45, 7) is 1.88. The molecule has 1 aliphatic rings. The molecule has 0 aliphatic carbocycles. The van der Waals surface area contributed by atoms with E-state index in [4.69, 9.17) is 0 Å². The van der Waals surface area contributed by atoms with Crippen LogP contribution in [0, 0.1) is 0 Å². The van der Waals surface area contributed by atoms with Crippen LogP contribution in [0.5, 0.6) is 0 Å². The van der Waals surface area contributed by atoms with Crippen LogP contribution in [-0.2, 0) is 11.2 Å². The van der Waals surface area contributed by atoms with Gasteiger partial charge in [0.2, 0.25) is 5.91 Å². The van der Waals surface area contributed by atoms with Crippen molar-refractivity contribution in [3.05, 3.63) is 30.1 Å². The minimum Gasteiger partial charge on any atom is -0.344 e. The Balaban J connectivity index is 1.81. The van der Waals surface area contributed by atoms with Crippen molar-refractivity contribution >= 4 is 5.91 Å². The van der Waals surface area contributed by atoms with Crippen LogP contribution >= 0.6 is 0 Å². The Labute approximate surface area is 108 Å². The van der Waals surface area contributed by atoms with Crippen molar-refractivity contribution in [2.24, 2.45) is 0 Å². The van der Waals surface area contributed by atoms with Gasteiger partial charge in [-0.1, -0.05) is 12.5 Å². The predicted molar refractivity (Wildman–Crippen MR) is 71.2 cm³/mol. The van der Waals surface area contributed by atoms with E-state index in [2.05, 4.69) is 10.3 Å². The Bertz CT molecular complexity index is 374. The van der Waals surface area contributed by atoms with E-state index in [0.717, 1.165) is 18.7 Å². The van der Waals surface area contributed by atoms with Gasteiger partial charge in [0.25, 0.3) is 0 Å². The Morgan fingerprint density at radius 1 is 1.56 bits per heavy atom. The van der Waals surface area contributed by atoms with E-state index < -0.39 is 0 Å². The average molecular weight is 247 g/mol. The Morgan fingerprint density at radius 2 is 2.44 bits per heavy atom. The summed E-state index contributed by atoms with van der Waals surface area (Å²) in [5.74, 6) is 0.162. The molecule has 1 fully saturated rings. The zero-order chi connectivity index (χ0) is 12.8. The van der Waals surface area contributed by atoms with E-state index >= 15 is 0 Å². The first-order valence-corrected chi connectivity index (χ1v) is 6.62. The lowest BCUT2D eigenvalue weighted by molar-refractivity contribution is -0.129. The molecule has 1 saturated heterocycles. The van der Waals surface area contributed by atoms with Crippen LogP contribution < -0.4 is 5.32 Å². The van der Waals surface area contributed by atoms with Gasteiger partial charge in [0, 0.05) is 32.0 Å². The summed E-state index contributed by atoms with van der Waals surface area (Å²) >= 11 is 0. The van der Waals surface area contributed by atoms with Crippen LogP contribution in [0.3, 0.4) is 0 Å². The standard InChI is InChI=1S/C14H21N3O/c1-17(11-13-6-2-3-8-16-13)14(18)9-12-5-4-7-15-10-12/h4-5,7,10,13,16H,2-3,6,8-9,11H2,1H3. The third-order valence-corrected chi connectivity index (χ3v) is 3.41. The summed E-state index contributed by atoms with van der Waals surface area (Å²) in [6.07, 6.45) is 7.61. The number of aromatic nitrogens is 1. The maximum absolute atomic E-state index is 12.1. The smallest absolute Gasteiger partial charge is 0.226 e. The Kier molecular flexibility index (Phi) is 4.70. The molecule has 1 aliphatic heterocycles. The topological polar surface area (TPSA) is 45.2 Å². The van der Waals surface area contributed by atoms with Crippen molar-refractivity contribution in [1.82, 2.24) is 15.2 Å². The maximum atomic E-state index is 12.1. The van der Waals surface area contributed by atoms with Gasteiger partial charge >= 0.3 is 0 Å². The summed E-state index contributed by atoms with van der Waals surface area (Å²) < 4.78 is 0. The van der Waals surface area contributed by atoms with E-state index in [9.17, 15) is 4.79 Å².